The fourth-order valence-electron chi connectivity index (χ4n) is 1.87. The van der Waals surface area contributed by atoms with Crippen molar-refractivity contribution in [1.29, 1.82) is 0 Å². The molecule has 0 aromatic heterocycles. The van der Waals surface area contributed by atoms with Crippen LogP contribution in [0.15, 0.2) is 0 Å². The number of nitrogens with two attached hydrogens (primary N) is 3. The van der Waals surface area contributed by atoms with Crippen molar-refractivity contribution in [2.75, 3.05) is 72.0 Å². The first-order valence-corrected chi connectivity index (χ1v) is 8.61. The number of hydrogen-bond donors (Lipinski definition) is 9. The Morgan fingerprint density at radius 3 is 1.30 bits per heavy atom. The topological polar surface area (TPSA) is 158 Å². The van der Waals surface area contributed by atoms with E-state index < -0.39 is 6.23 Å². The highest BCUT2D eigenvalue weighted by molar-refractivity contribution is 4.67. The van der Waals surface area contributed by atoms with E-state index in [0.717, 1.165) is 65.4 Å². The van der Waals surface area contributed by atoms with E-state index >= 15 is 0 Å². The van der Waals surface area contributed by atoms with Gasteiger partial charge in [-0.25, -0.2) is 0 Å². The predicted octanol–water partition coefficient (Wildman–Crippen LogP) is -4.11. The standard InChI is InChI=1S/C14H38N8O/c15-2-4-19-6-8-21-10-12-22-11-9-20-7-5-18-3-1-13(16)14(17)23/h13-14,18-23H,1-12,15-17H2. The van der Waals surface area contributed by atoms with Crippen molar-refractivity contribution >= 4 is 0 Å². The SMILES string of the molecule is NCCNCCNCCNCCNCCNCCC(N)C(N)O. The van der Waals surface area contributed by atoms with Crippen LogP contribution in [-0.4, -0.2) is 89.4 Å². The van der Waals surface area contributed by atoms with E-state index in [0.29, 0.717) is 13.0 Å². The van der Waals surface area contributed by atoms with Crippen LogP contribution in [0.25, 0.3) is 0 Å². The zero-order chi connectivity index (χ0) is 17.2. The number of rotatable bonds is 18. The third-order valence-corrected chi connectivity index (χ3v) is 3.33. The van der Waals surface area contributed by atoms with Crippen LogP contribution in [0.2, 0.25) is 0 Å². The van der Waals surface area contributed by atoms with Gasteiger partial charge in [0.25, 0.3) is 0 Å². The molecule has 12 N–H and O–H groups in total. The van der Waals surface area contributed by atoms with Gasteiger partial charge in [-0.3, -0.25) is 0 Å². The van der Waals surface area contributed by atoms with Crippen LogP contribution in [-0.2, 0) is 0 Å². The molecular formula is C14H38N8O. The Labute approximate surface area is 140 Å². The zero-order valence-electron chi connectivity index (χ0n) is 14.3. The van der Waals surface area contributed by atoms with Crippen LogP contribution in [0.3, 0.4) is 0 Å². The van der Waals surface area contributed by atoms with Crippen molar-refractivity contribution in [3.8, 4) is 0 Å². The van der Waals surface area contributed by atoms with E-state index in [1.807, 2.05) is 0 Å². The molecule has 0 spiro atoms. The Hall–Kier alpha value is -0.360. The lowest BCUT2D eigenvalue weighted by Crippen LogP contribution is -2.43. The first-order chi connectivity index (χ1) is 11.2. The van der Waals surface area contributed by atoms with Crippen molar-refractivity contribution in [3.63, 3.8) is 0 Å². The van der Waals surface area contributed by atoms with E-state index in [9.17, 15) is 0 Å². The molecule has 0 rings (SSSR count). The first kappa shape index (κ1) is 22.6. The predicted molar refractivity (Wildman–Crippen MR) is 96.2 cm³/mol. The molecule has 9 heteroatoms. The number of aliphatic hydroxyl groups is 1. The van der Waals surface area contributed by atoms with Gasteiger partial charge in [0.15, 0.2) is 0 Å². The molecule has 0 aliphatic carbocycles. The van der Waals surface area contributed by atoms with Crippen LogP contribution >= 0.6 is 0 Å². The van der Waals surface area contributed by atoms with Gasteiger partial charge in [0.1, 0.15) is 6.23 Å². The molecule has 0 aliphatic rings. The Morgan fingerprint density at radius 1 is 0.609 bits per heavy atom. The lowest BCUT2D eigenvalue weighted by atomic mass is 10.2. The third kappa shape index (κ3) is 17.8. The molecule has 0 aromatic carbocycles. The summed E-state index contributed by atoms with van der Waals surface area (Å²) in [5, 5.41) is 25.6. The van der Waals surface area contributed by atoms with Crippen molar-refractivity contribution in [2.24, 2.45) is 17.2 Å². The Bertz CT molecular complexity index is 233. The molecule has 2 unspecified atom stereocenters. The second kappa shape index (κ2) is 18.0. The molecule has 0 radical (unpaired) electrons. The first-order valence-electron chi connectivity index (χ1n) is 8.61. The lowest BCUT2D eigenvalue weighted by molar-refractivity contribution is 0.147. The molecule has 0 saturated carbocycles. The van der Waals surface area contributed by atoms with Crippen molar-refractivity contribution in [3.05, 3.63) is 0 Å². The van der Waals surface area contributed by atoms with Gasteiger partial charge in [-0.05, 0) is 13.0 Å². The number of aliphatic hydroxyl groups excluding tert-OH is 1. The minimum absolute atomic E-state index is 0.357. The lowest BCUT2D eigenvalue weighted by Gasteiger charge is -2.14. The summed E-state index contributed by atoms with van der Waals surface area (Å²) in [5.41, 5.74) is 16.3. The quantitative estimate of drug-likeness (QED) is 0.0896. The minimum atomic E-state index is -0.933. The second-order valence-corrected chi connectivity index (χ2v) is 5.48. The van der Waals surface area contributed by atoms with E-state index in [4.69, 9.17) is 22.3 Å². The number of hydrogen-bond acceptors (Lipinski definition) is 9. The van der Waals surface area contributed by atoms with Gasteiger partial charge >= 0.3 is 0 Å². The van der Waals surface area contributed by atoms with E-state index in [2.05, 4.69) is 26.6 Å². The van der Waals surface area contributed by atoms with Gasteiger partial charge < -0.3 is 48.9 Å². The van der Waals surface area contributed by atoms with Crippen molar-refractivity contribution < 1.29 is 5.11 Å². The average Bonchev–Trinajstić information content (AvgIpc) is 2.54. The summed E-state index contributed by atoms with van der Waals surface area (Å²) in [6.07, 6.45) is -0.258. The molecule has 0 bridgehead atoms. The maximum Gasteiger partial charge on any atom is 0.117 e. The smallest absolute Gasteiger partial charge is 0.117 e. The van der Waals surface area contributed by atoms with Gasteiger partial charge in [-0.15, -0.1) is 0 Å². The van der Waals surface area contributed by atoms with Gasteiger partial charge in [0, 0.05) is 71.5 Å². The summed E-state index contributed by atoms with van der Waals surface area (Å²) in [4.78, 5) is 0. The van der Waals surface area contributed by atoms with Gasteiger partial charge in [0.2, 0.25) is 0 Å². The molecule has 0 heterocycles. The van der Waals surface area contributed by atoms with Gasteiger partial charge in [-0.2, -0.15) is 0 Å². The monoisotopic (exact) mass is 334 g/mol. The fraction of sp³-hybridized carbons (Fsp3) is 1.00. The van der Waals surface area contributed by atoms with E-state index in [-0.39, 0.29) is 6.04 Å². The van der Waals surface area contributed by atoms with Gasteiger partial charge in [0.05, 0.1) is 0 Å². The molecule has 23 heavy (non-hydrogen) atoms. The van der Waals surface area contributed by atoms with Crippen LogP contribution in [0.5, 0.6) is 0 Å². The highest BCUT2D eigenvalue weighted by Gasteiger charge is 2.07. The highest BCUT2D eigenvalue weighted by atomic mass is 16.3. The molecule has 0 saturated heterocycles. The maximum atomic E-state index is 9.04. The summed E-state index contributed by atoms with van der Waals surface area (Å²) in [6, 6.07) is -0.357. The number of nitrogens with one attached hydrogen (secondary N) is 5. The fourth-order valence-corrected chi connectivity index (χ4v) is 1.87. The summed E-state index contributed by atoms with van der Waals surface area (Å²) >= 11 is 0. The van der Waals surface area contributed by atoms with Crippen LogP contribution < -0.4 is 43.8 Å². The summed E-state index contributed by atoms with van der Waals surface area (Å²) in [7, 11) is 0. The van der Waals surface area contributed by atoms with Crippen LogP contribution in [0.4, 0.5) is 0 Å². The van der Waals surface area contributed by atoms with Crippen LogP contribution in [0.1, 0.15) is 6.42 Å². The minimum Gasteiger partial charge on any atom is -0.377 e. The zero-order valence-corrected chi connectivity index (χ0v) is 14.3. The summed E-state index contributed by atoms with van der Waals surface area (Å²) < 4.78 is 0. The third-order valence-electron chi connectivity index (χ3n) is 3.33. The Balaban J connectivity index is 3.03. The molecular weight excluding hydrogens is 296 g/mol. The molecule has 0 fully saturated rings. The van der Waals surface area contributed by atoms with E-state index in [1.54, 1.807) is 0 Å². The highest BCUT2D eigenvalue weighted by Crippen LogP contribution is 1.87. The molecule has 9 nitrogen and oxygen atoms in total. The second-order valence-electron chi connectivity index (χ2n) is 5.48. The Morgan fingerprint density at radius 2 is 0.957 bits per heavy atom. The largest absolute Gasteiger partial charge is 0.377 e. The molecule has 0 amide bonds. The molecule has 0 aromatic rings. The average molecular weight is 335 g/mol. The van der Waals surface area contributed by atoms with E-state index in [1.165, 1.54) is 0 Å². The molecule has 140 valence electrons. The van der Waals surface area contributed by atoms with Gasteiger partial charge in [-0.1, -0.05) is 0 Å². The maximum absolute atomic E-state index is 9.04. The van der Waals surface area contributed by atoms with Crippen molar-refractivity contribution in [2.45, 2.75) is 18.7 Å². The summed E-state index contributed by atoms with van der Waals surface area (Å²) in [6.45, 7) is 9.89. The molecule has 0 aliphatic heterocycles. The Kier molecular flexibility index (Phi) is 17.7. The van der Waals surface area contributed by atoms with Crippen LogP contribution in [0, 0.1) is 0 Å². The normalized spacial score (nSPS) is 14.1. The van der Waals surface area contributed by atoms with Crippen molar-refractivity contribution in [1.82, 2.24) is 26.6 Å². The summed E-state index contributed by atoms with van der Waals surface area (Å²) in [5.74, 6) is 0. The molecule has 2 atom stereocenters.